The number of nitrogens with zero attached hydrogens (tertiary/aromatic N) is 2. The number of amides is 2. The Labute approximate surface area is 300 Å². The number of hydrogen-bond donors (Lipinski definition) is 6. The van der Waals surface area contributed by atoms with E-state index in [1.54, 1.807) is 20.0 Å². The molecule has 3 fully saturated rings. The van der Waals surface area contributed by atoms with Crippen LogP contribution in [0.15, 0.2) is 60.9 Å². The molecule has 2 amide bonds. The van der Waals surface area contributed by atoms with Crippen molar-refractivity contribution in [2.75, 3.05) is 0 Å². The van der Waals surface area contributed by atoms with Crippen LogP contribution in [0.1, 0.15) is 111 Å². The first-order valence-corrected chi connectivity index (χ1v) is 18.3. The zero-order chi connectivity index (χ0) is 36.6. The standard InChI is InChI=1S/C41H52N6O4/c1-37(2,3)32(47-36(49)41(7,51)39(5)20-21-39)34-43-23-30(45-34)27-14-10-25(11-15-27)24-8-12-26(13-9-24)29-22-42-33(44-29)31(28-16-17-28)46-35(48)40(6,50)38(4)18-19-38/h8-15,22-23,28,31-32,50-51H,16-21H2,1-7H3,(H,42,44)(H,43,45)(H,46,48)(H,47,49)/t31-,32+,40?,41?/m0/s1. The summed E-state index contributed by atoms with van der Waals surface area (Å²) in [6.45, 7) is 13.3. The first-order valence-electron chi connectivity index (χ1n) is 18.3. The van der Waals surface area contributed by atoms with E-state index in [-0.39, 0.29) is 28.7 Å². The van der Waals surface area contributed by atoms with Crippen molar-refractivity contribution in [3.8, 4) is 33.6 Å². The Balaban J connectivity index is 1.02. The molecule has 51 heavy (non-hydrogen) atoms. The average Bonchev–Trinajstić information content (AvgIpc) is 4.06. The largest absolute Gasteiger partial charge is 0.380 e. The number of benzene rings is 2. The maximum absolute atomic E-state index is 13.3. The van der Waals surface area contributed by atoms with Crippen molar-refractivity contribution in [1.82, 2.24) is 30.6 Å². The Morgan fingerprint density at radius 2 is 1.08 bits per heavy atom. The second kappa shape index (κ2) is 12.2. The van der Waals surface area contributed by atoms with Crippen LogP contribution in [0.4, 0.5) is 0 Å². The molecule has 10 heteroatoms. The molecule has 0 spiro atoms. The minimum absolute atomic E-state index is 0.255. The molecule has 0 radical (unpaired) electrons. The van der Waals surface area contributed by atoms with Gasteiger partial charge in [-0.15, -0.1) is 0 Å². The Kier molecular flexibility index (Phi) is 8.38. The molecule has 2 unspecified atom stereocenters. The van der Waals surface area contributed by atoms with E-state index in [2.05, 4.69) is 79.1 Å². The zero-order valence-electron chi connectivity index (χ0n) is 30.9. The molecular formula is C41H52N6O4. The number of H-pyrrole nitrogens is 2. The number of imidazole rings is 2. The molecule has 2 aromatic heterocycles. The highest BCUT2D eigenvalue weighted by atomic mass is 16.3. The highest BCUT2D eigenvalue weighted by Crippen LogP contribution is 2.55. The van der Waals surface area contributed by atoms with Gasteiger partial charge in [-0.1, -0.05) is 83.1 Å². The fraction of sp³-hybridized carbons (Fsp3) is 0.512. The number of aromatic amines is 2. The molecule has 10 nitrogen and oxygen atoms in total. The summed E-state index contributed by atoms with van der Waals surface area (Å²) in [6.07, 6.45) is 9.01. The Bertz CT molecular complexity index is 1920. The fourth-order valence-corrected chi connectivity index (χ4v) is 6.94. The monoisotopic (exact) mass is 692 g/mol. The minimum atomic E-state index is -1.45. The molecule has 3 aliphatic carbocycles. The highest BCUT2D eigenvalue weighted by Gasteiger charge is 2.58. The fourth-order valence-electron chi connectivity index (χ4n) is 6.94. The van der Waals surface area contributed by atoms with Gasteiger partial charge < -0.3 is 30.8 Å². The average molecular weight is 693 g/mol. The van der Waals surface area contributed by atoms with E-state index in [4.69, 9.17) is 0 Å². The number of hydrogen-bond acceptors (Lipinski definition) is 6. The number of carbonyl (C=O) groups excluding carboxylic acids is 2. The number of rotatable bonds is 12. The van der Waals surface area contributed by atoms with Crippen LogP contribution < -0.4 is 10.6 Å². The van der Waals surface area contributed by atoms with E-state index in [0.29, 0.717) is 11.7 Å². The van der Waals surface area contributed by atoms with E-state index in [0.717, 1.165) is 78.0 Å². The first kappa shape index (κ1) is 35.1. The highest BCUT2D eigenvalue weighted by molar-refractivity contribution is 5.87. The number of aliphatic hydroxyl groups is 2. The van der Waals surface area contributed by atoms with Crippen LogP contribution in [0.25, 0.3) is 33.6 Å². The molecule has 4 atom stereocenters. The van der Waals surface area contributed by atoms with Crippen molar-refractivity contribution in [1.29, 1.82) is 0 Å². The van der Waals surface area contributed by atoms with E-state index < -0.39 is 22.7 Å². The van der Waals surface area contributed by atoms with Crippen molar-refractivity contribution in [3.63, 3.8) is 0 Å². The summed E-state index contributed by atoms with van der Waals surface area (Å²) in [6, 6.07) is 15.9. The van der Waals surface area contributed by atoms with Crippen molar-refractivity contribution >= 4 is 11.8 Å². The number of aromatic nitrogens is 4. The lowest BCUT2D eigenvalue weighted by molar-refractivity contribution is -0.146. The van der Waals surface area contributed by atoms with E-state index in [9.17, 15) is 19.8 Å². The number of nitrogens with one attached hydrogen (secondary N) is 4. The van der Waals surface area contributed by atoms with Crippen molar-refractivity contribution in [2.24, 2.45) is 22.2 Å². The third-order valence-electron chi connectivity index (χ3n) is 12.2. The molecule has 0 aliphatic heterocycles. The van der Waals surface area contributed by atoms with Crippen LogP contribution in [0, 0.1) is 22.2 Å². The number of carbonyl (C=O) groups is 2. The topological polar surface area (TPSA) is 156 Å². The Morgan fingerprint density at radius 1 is 0.686 bits per heavy atom. The molecule has 7 rings (SSSR count). The summed E-state index contributed by atoms with van der Waals surface area (Å²) in [5.41, 5.74) is 1.87. The predicted molar refractivity (Wildman–Crippen MR) is 197 cm³/mol. The van der Waals surface area contributed by atoms with Crippen molar-refractivity contribution < 1.29 is 19.8 Å². The van der Waals surface area contributed by atoms with Crippen molar-refractivity contribution in [2.45, 2.75) is 110 Å². The van der Waals surface area contributed by atoms with Crippen LogP contribution in [0.3, 0.4) is 0 Å². The lowest BCUT2D eigenvalue weighted by atomic mass is 9.83. The van der Waals surface area contributed by atoms with E-state index in [1.165, 1.54) is 0 Å². The normalized spacial score (nSPS) is 21.1. The Hall–Kier alpha value is -4.28. The summed E-state index contributed by atoms with van der Waals surface area (Å²) in [4.78, 5) is 42.6. The van der Waals surface area contributed by atoms with Gasteiger partial charge in [-0.25, -0.2) is 9.97 Å². The molecular weight excluding hydrogens is 640 g/mol. The van der Waals surface area contributed by atoms with Crippen molar-refractivity contribution in [3.05, 3.63) is 72.6 Å². The lowest BCUT2D eigenvalue weighted by Gasteiger charge is -2.35. The van der Waals surface area contributed by atoms with Crippen LogP contribution in [-0.4, -0.2) is 53.2 Å². The summed E-state index contributed by atoms with van der Waals surface area (Å²) in [7, 11) is 0. The third-order valence-corrected chi connectivity index (χ3v) is 12.2. The lowest BCUT2D eigenvalue weighted by Crippen LogP contribution is -2.52. The smallest absolute Gasteiger partial charge is 0.252 e. The van der Waals surface area contributed by atoms with Crippen LogP contribution in [-0.2, 0) is 9.59 Å². The molecule has 6 N–H and O–H groups in total. The molecule has 3 saturated carbocycles. The van der Waals surface area contributed by atoms with Crippen LogP contribution in [0.5, 0.6) is 0 Å². The van der Waals surface area contributed by atoms with Crippen LogP contribution in [0.2, 0.25) is 0 Å². The summed E-state index contributed by atoms with van der Waals surface area (Å²) < 4.78 is 0. The van der Waals surface area contributed by atoms with Gasteiger partial charge >= 0.3 is 0 Å². The summed E-state index contributed by atoms with van der Waals surface area (Å²) >= 11 is 0. The quantitative estimate of drug-likeness (QED) is 0.0939. The van der Waals surface area contributed by atoms with Crippen LogP contribution >= 0.6 is 0 Å². The third kappa shape index (κ3) is 6.64. The molecule has 2 heterocycles. The van der Waals surface area contributed by atoms with Gasteiger partial charge in [-0.2, -0.15) is 0 Å². The molecule has 3 aliphatic rings. The molecule has 0 bridgehead atoms. The van der Waals surface area contributed by atoms with Gasteiger partial charge in [0, 0.05) is 10.8 Å². The molecule has 2 aromatic carbocycles. The summed E-state index contributed by atoms with van der Waals surface area (Å²) in [5.74, 6) is 0.980. The van der Waals surface area contributed by atoms with Gasteiger partial charge in [0.2, 0.25) is 0 Å². The van der Waals surface area contributed by atoms with Gasteiger partial charge in [0.15, 0.2) is 0 Å². The van der Waals surface area contributed by atoms with Gasteiger partial charge in [0.25, 0.3) is 11.8 Å². The second-order valence-electron chi connectivity index (χ2n) is 17.3. The van der Waals surface area contributed by atoms with Gasteiger partial charge in [0.1, 0.15) is 22.9 Å². The second-order valence-corrected chi connectivity index (χ2v) is 17.3. The molecule has 4 aromatic rings. The SMILES string of the molecule is CC(C)(C)[C@H](NC(=O)C(C)(O)C1(C)CC1)c1ncc(-c2ccc(-c3ccc(-c4cnc([C@@H](NC(=O)C(C)(O)C5(C)CC5)C5CC5)[nH]4)cc3)cc2)[nH]1. The Morgan fingerprint density at radius 3 is 1.49 bits per heavy atom. The maximum atomic E-state index is 13.3. The molecule has 0 saturated heterocycles. The van der Waals surface area contributed by atoms with Gasteiger partial charge in [0.05, 0.1) is 35.9 Å². The maximum Gasteiger partial charge on any atom is 0.252 e. The molecule has 270 valence electrons. The minimum Gasteiger partial charge on any atom is -0.380 e. The summed E-state index contributed by atoms with van der Waals surface area (Å²) in [5, 5.41) is 28.3. The first-order chi connectivity index (χ1) is 23.9. The van der Waals surface area contributed by atoms with Gasteiger partial charge in [-0.3, -0.25) is 9.59 Å². The predicted octanol–water partition coefficient (Wildman–Crippen LogP) is 7.01. The van der Waals surface area contributed by atoms with E-state index >= 15 is 0 Å². The van der Waals surface area contributed by atoms with Gasteiger partial charge in [-0.05, 0) is 86.0 Å². The zero-order valence-corrected chi connectivity index (χ0v) is 30.9. The van der Waals surface area contributed by atoms with E-state index in [1.807, 2.05) is 40.8 Å².